The maximum absolute atomic E-state index is 11.6. The molecule has 0 aromatic heterocycles. The summed E-state index contributed by atoms with van der Waals surface area (Å²) >= 11 is 0. The highest BCUT2D eigenvalue weighted by molar-refractivity contribution is 5.95. The number of rotatable bonds is 5. The highest BCUT2D eigenvalue weighted by atomic mass is 16.5. The molecule has 19 heavy (non-hydrogen) atoms. The van der Waals surface area contributed by atoms with Crippen molar-refractivity contribution >= 4 is 17.3 Å². The normalized spacial score (nSPS) is 10.3. The molecule has 1 aromatic carbocycles. The number of hydrogen-bond acceptors (Lipinski definition) is 4. The Hall–Kier alpha value is -1.91. The van der Waals surface area contributed by atoms with E-state index in [1.54, 1.807) is 32.2 Å². The van der Waals surface area contributed by atoms with Crippen molar-refractivity contribution in [3.63, 3.8) is 0 Å². The number of methoxy groups -OCH3 is 2. The molecule has 0 aliphatic rings. The summed E-state index contributed by atoms with van der Waals surface area (Å²) in [6.45, 7) is 5.60. The van der Waals surface area contributed by atoms with Crippen molar-refractivity contribution in [3.8, 4) is 11.5 Å². The summed E-state index contributed by atoms with van der Waals surface area (Å²) in [7, 11) is 4.89. The second-order valence-electron chi connectivity index (χ2n) is 4.60. The van der Waals surface area contributed by atoms with Crippen molar-refractivity contribution < 1.29 is 14.3 Å². The molecule has 0 radical (unpaired) electrons. The van der Waals surface area contributed by atoms with Gasteiger partial charge in [0, 0.05) is 32.1 Å². The van der Waals surface area contributed by atoms with Crippen molar-refractivity contribution in [1.29, 1.82) is 0 Å². The fourth-order valence-corrected chi connectivity index (χ4v) is 1.74. The predicted molar refractivity (Wildman–Crippen MR) is 77.4 cm³/mol. The van der Waals surface area contributed by atoms with E-state index in [4.69, 9.17) is 9.47 Å². The lowest BCUT2D eigenvalue weighted by Crippen LogP contribution is -2.25. The van der Waals surface area contributed by atoms with Crippen LogP contribution in [0.15, 0.2) is 12.1 Å². The summed E-state index contributed by atoms with van der Waals surface area (Å²) in [6, 6.07) is 3.88. The number of benzene rings is 1. The number of anilines is 2. The van der Waals surface area contributed by atoms with E-state index in [1.165, 1.54) is 6.92 Å². The van der Waals surface area contributed by atoms with Crippen LogP contribution in [0.2, 0.25) is 0 Å². The molecule has 0 unspecified atom stereocenters. The highest BCUT2D eigenvalue weighted by Crippen LogP contribution is 2.38. The van der Waals surface area contributed by atoms with Crippen LogP contribution in [0.5, 0.6) is 11.5 Å². The third kappa shape index (κ3) is 3.53. The van der Waals surface area contributed by atoms with Crippen molar-refractivity contribution in [3.05, 3.63) is 12.1 Å². The number of carbonyl (C=O) groups excluding carboxylic acids is 1. The van der Waals surface area contributed by atoms with Crippen LogP contribution in [-0.2, 0) is 4.79 Å². The maximum Gasteiger partial charge on any atom is 0.223 e. The van der Waals surface area contributed by atoms with Crippen molar-refractivity contribution in [2.45, 2.75) is 26.8 Å². The average Bonchev–Trinajstić information content (AvgIpc) is 2.36. The van der Waals surface area contributed by atoms with Crippen LogP contribution < -0.4 is 19.7 Å². The zero-order valence-corrected chi connectivity index (χ0v) is 12.4. The van der Waals surface area contributed by atoms with Crippen LogP contribution in [0.25, 0.3) is 0 Å². The maximum atomic E-state index is 11.6. The number of nitrogens with one attached hydrogen (secondary N) is 1. The lowest BCUT2D eigenvalue weighted by Gasteiger charge is -2.23. The molecule has 0 aliphatic heterocycles. The highest BCUT2D eigenvalue weighted by Gasteiger charge is 2.16. The summed E-state index contributed by atoms with van der Waals surface area (Å²) in [6.07, 6.45) is 0. The van der Waals surface area contributed by atoms with Gasteiger partial charge in [-0.25, -0.2) is 0 Å². The number of carbonyl (C=O) groups is 1. The fraction of sp³-hybridized carbons (Fsp3) is 0.500. The molecule has 0 atom stereocenters. The number of ether oxygens (including phenoxy) is 2. The van der Waals surface area contributed by atoms with E-state index in [2.05, 4.69) is 5.32 Å². The third-order valence-corrected chi connectivity index (χ3v) is 2.78. The van der Waals surface area contributed by atoms with Crippen LogP contribution in [0.3, 0.4) is 0 Å². The van der Waals surface area contributed by atoms with Crippen molar-refractivity contribution in [2.75, 3.05) is 31.5 Å². The van der Waals surface area contributed by atoms with Gasteiger partial charge >= 0.3 is 0 Å². The van der Waals surface area contributed by atoms with Gasteiger partial charge in [-0.15, -0.1) is 0 Å². The number of amides is 1. The summed E-state index contributed by atoms with van der Waals surface area (Å²) in [4.78, 5) is 13.1. The lowest BCUT2D eigenvalue weighted by molar-refractivity contribution is -0.116. The smallest absolute Gasteiger partial charge is 0.223 e. The molecule has 106 valence electrons. The van der Waals surface area contributed by atoms with E-state index in [1.807, 2.05) is 19.9 Å². The van der Waals surface area contributed by atoms with Gasteiger partial charge in [0.1, 0.15) is 0 Å². The van der Waals surface area contributed by atoms with Gasteiger partial charge in [0.2, 0.25) is 5.91 Å². The summed E-state index contributed by atoms with van der Waals surface area (Å²) in [5.41, 5.74) is 1.60. The molecule has 5 heteroatoms. The molecular weight excluding hydrogens is 244 g/mol. The molecule has 5 nitrogen and oxygen atoms in total. The lowest BCUT2D eigenvalue weighted by atomic mass is 10.2. The van der Waals surface area contributed by atoms with E-state index >= 15 is 0 Å². The predicted octanol–water partition coefficient (Wildman–Crippen LogP) is 2.51. The molecule has 0 saturated carbocycles. The molecular formula is C14H22N2O3. The standard InChI is InChI=1S/C14H22N2O3/c1-9(2)15-11-7-13(18-5)14(19-6)8-12(11)16(4)10(3)17/h7-9,15H,1-6H3. The Morgan fingerprint density at radius 2 is 1.74 bits per heavy atom. The molecule has 1 rings (SSSR count). The van der Waals surface area contributed by atoms with Gasteiger partial charge < -0.3 is 19.7 Å². The number of nitrogens with zero attached hydrogens (tertiary/aromatic N) is 1. The second-order valence-corrected chi connectivity index (χ2v) is 4.60. The van der Waals surface area contributed by atoms with Crippen LogP contribution in [0, 0.1) is 0 Å². The number of hydrogen-bond donors (Lipinski definition) is 1. The van der Waals surface area contributed by atoms with E-state index in [0.717, 1.165) is 11.4 Å². The monoisotopic (exact) mass is 266 g/mol. The molecule has 0 spiro atoms. The topological polar surface area (TPSA) is 50.8 Å². The Morgan fingerprint density at radius 1 is 1.21 bits per heavy atom. The third-order valence-electron chi connectivity index (χ3n) is 2.78. The van der Waals surface area contributed by atoms with Gasteiger partial charge in [-0.05, 0) is 13.8 Å². The Bertz CT molecular complexity index is 458. The minimum absolute atomic E-state index is 0.0426. The van der Waals surface area contributed by atoms with Gasteiger partial charge in [0.15, 0.2) is 11.5 Å². The van der Waals surface area contributed by atoms with Crippen molar-refractivity contribution in [1.82, 2.24) is 0 Å². The Balaban J connectivity index is 3.35. The van der Waals surface area contributed by atoms with Crippen molar-refractivity contribution in [2.24, 2.45) is 0 Å². The van der Waals surface area contributed by atoms with E-state index < -0.39 is 0 Å². The quantitative estimate of drug-likeness (QED) is 0.889. The van der Waals surface area contributed by atoms with Crippen LogP contribution >= 0.6 is 0 Å². The largest absolute Gasteiger partial charge is 0.493 e. The Labute approximate surface area is 114 Å². The molecule has 0 fully saturated rings. The van der Waals surface area contributed by atoms with Gasteiger partial charge in [-0.3, -0.25) is 4.79 Å². The minimum atomic E-state index is -0.0426. The molecule has 1 aromatic rings. The molecule has 1 amide bonds. The van der Waals surface area contributed by atoms with Crippen LogP contribution in [0.4, 0.5) is 11.4 Å². The SMILES string of the molecule is COc1cc(NC(C)C)c(N(C)C(C)=O)cc1OC. The van der Waals surface area contributed by atoms with Gasteiger partial charge in [0.05, 0.1) is 25.6 Å². The van der Waals surface area contributed by atoms with Gasteiger partial charge in [-0.2, -0.15) is 0 Å². The summed E-state index contributed by atoms with van der Waals surface area (Å²) in [5.74, 6) is 1.19. The van der Waals surface area contributed by atoms with E-state index in [9.17, 15) is 4.79 Å². The first-order chi connectivity index (χ1) is 8.90. The summed E-state index contributed by atoms with van der Waals surface area (Å²) in [5, 5.41) is 3.31. The summed E-state index contributed by atoms with van der Waals surface area (Å²) < 4.78 is 10.6. The molecule has 0 heterocycles. The first kappa shape index (κ1) is 15.1. The van der Waals surface area contributed by atoms with Gasteiger partial charge in [0.25, 0.3) is 0 Å². The van der Waals surface area contributed by atoms with Gasteiger partial charge in [-0.1, -0.05) is 0 Å². The molecule has 0 saturated heterocycles. The second kappa shape index (κ2) is 6.31. The Kier molecular flexibility index (Phi) is 5.03. The molecule has 0 aliphatic carbocycles. The molecule has 0 bridgehead atoms. The fourth-order valence-electron chi connectivity index (χ4n) is 1.74. The average molecular weight is 266 g/mol. The zero-order valence-electron chi connectivity index (χ0n) is 12.4. The minimum Gasteiger partial charge on any atom is -0.493 e. The van der Waals surface area contributed by atoms with Crippen LogP contribution in [-0.4, -0.2) is 33.2 Å². The molecule has 1 N–H and O–H groups in total. The van der Waals surface area contributed by atoms with Crippen LogP contribution in [0.1, 0.15) is 20.8 Å². The first-order valence-electron chi connectivity index (χ1n) is 6.17. The Morgan fingerprint density at radius 3 is 2.16 bits per heavy atom. The van der Waals surface area contributed by atoms with E-state index in [0.29, 0.717) is 11.5 Å². The van der Waals surface area contributed by atoms with E-state index in [-0.39, 0.29) is 11.9 Å². The zero-order chi connectivity index (χ0) is 14.6. The first-order valence-corrected chi connectivity index (χ1v) is 6.17.